The first-order valence-corrected chi connectivity index (χ1v) is 25.7. The minimum atomic E-state index is -1.99. The third-order valence-electron chi connectivity index (χ3n) is 19.3. The number of ether oxygens (including phenoxy) is 10. The summed E-state index contributed by atoms with van der Waals surface area (Å²) in [6.45, 7) is 9.00. The van der Waals surface area contributed by atoms with Crippen LogP contribution in [0.1, 0.15) is 91.9 Å². The molecule has 10 aliphatic rings. The van der Waals surface area contributed by atoms with E-state index in [9.17, 15) is 56.2 Å². The molecule has 0 aromatic heterocycles. The van der Waals surface area contributed by atoms with Gasteiger partial charge in [0.2, 0.25) is 0 Å². The average molecular weight is 991 g/mol. The summed E-state index contributed by atoms with van der Waals surface area (Å²) in [6.07, 6.45) is -20.8. The molecule has 0 radical (unpaired) electrons. The summed E-state index contributed by atoms with van der Waals surface area (Å²) in [4.78, 5) is 0. The van der Waals surface area contributed by atoms with Crippen LogP contribution in [0.15, 0.2) is 0 Å². The lowest BCUT2D eigenvalue weighted by Crippen LogP contribution is -2.66. The monoisotopic (exact) mass is 991 g/mol. The predicted molar refractivity (Wildman–Crippen MR) is 231 cm³/mol. The van der Waals surface area contributed by atoms with Crippen molar-refractivity contribution in [1.29, 1.82) is 0 Å². The van der Waals surface area contributed by atoms with Gasteiger partial charge in [-0.25, -0.2) is 0 Å². The van der Waals surface area contributed by atoms with Crippen molar-refractivity contribution in [3.63, 3.8) is 0 Å². The van der Waals surface area contributed by atoms with Gasteiger partial charge in [-0.05, 0) is 104 Å². The highest BCUT2D eigenvalue weighted by Crippen LogP contribution is 2.71. The first-order valence-electron chi connectivity index (χ1n) is 25.7. The van der Waals surface area contributed by atoms with Crippen LogP contribution in [0.5, 0.6) is 0 Å². The Morgan fingerprint density at radius 2 is 1.22 bits per heavy atom. The van der Waals surface area contributed by atoms with E-state index < -0.39 is 136 Å². The lowest BCUT2D eigenvalue weighted by atomic mass is 9.44. The second-order valence-corrected chi connectivity index (χ2v) is 23.1. The van der Waals surface area contributed by atoms with Crippen LogP contribution in [0.4, 0.5) is 0 Å². The summed E-state index contributed by atoms with van der Waals surface area (Å²) in [6, 6.07) is 0. The van der Waals surface area contributed by atoms with Gasteiger partial charge < -0.3 is 104 Å². The van der Waals surface area contributed by atoms with Crippen molar-refractivity contribution < 1.29 is 104 Å². The summed E-state index contributed by atoms with van der Waals surface area (Å²) in [5.74, 6) is 2.80. The molecule has 10 fully saturated rings. The molecule has 6 saturated heterocycles. The molecule has 0 bridgehead atoms. The van der Waals surface area contributed by atoms with Gasteiger partial charge in [-0.3, -0.25) is 0 Å². The third kappa shape index (κ3) is 8.98. The summed E-state index contributed by atoms with van der Waals surface area (Å²) < 4.78 is 61.4. The molecule has 0 aromatic carbocycles. The van der Waals surface area contributed by atoms with E-state index in [1.165, 1.54) is 0 Å². The van der Waals surface area contributed by atoms with Gasteiger partial charge in [-0.1, -0.05) is 27.7 Å². The largest absolute Gasteiger partial charge is 0.388 e. The van der Waals surface area contributed by atoms with Crippen molar-refractivity contribution >= 4 is 0 Å². The van der Waals surface area contributed by atoms with Gasteiger partial charge >= 0.3 is 0 Å². The predicted octanol–water partition coefficient (Wildman–Crippen LogP) is -1.67. The Bertz CT molecular complexity index is 1760. The van der Waals surface area contributed by atoms with Gasteiger partial charge in [-0.15, -0.1) is 0 Å². The number of rotatable bonds is 9. The first-order chi connectivity index (χ1) is 32.7. The topological polar surface area (TPSA) is 315 Å². The maximum atomic E-state index is 12.3. The molecule has 1 spiro atoms. The Kier molecular flexibility index (Phi) is 14.7. The molecule has 4 saturated carbocycles. The van der Waals surface area contributed by atoms with Gasteiger partial charge in [-0.2, -0.15) is 0 Å². The number of hydrogen-bond donors (Lipinski definition) is 11. The van der Waals surface area contributed by atoms with Crippen LogP contribution in [0.2, 0.25) is 0 Å². The van der Waals surface area contributed by atoms with Crippen molar-refractivity contribution in [3.8, 4) is 0 Å². The van der Waals surface area contributed by atoms with Crippen molar-refractivity contribution in [2.24, 2.45) is 52.3 Å². The zero-order valence-electron chi connectivity index (χ0n) is 40.0. The van der Waals surface area contributed by atoms with Crippen LogP contribution < -0.4 is 0 Å². The lowest BCUT2D eigenvalue weighted by molar-refractivity contribution is -0.401. The van der Waals surface area contributed by atoms with Gasteiger partial charge in [0, 0.05) is 12.3 Å². The second-order valence-electron chi connectivity index (χ2n) is 23.1. The normalized spacial score (nSPS) is 58.7. The molecule has 21 nitrogen and oxygen atoms in total. The Hall–Kier alpha value is -0.840. The fourth-order valence-electron chi connectivity index (χ4n) is 15.3. The second kappa shape index (κ2) is 19.7. The molecule has 0 amide bonds. The molecule has 6 heterocycles. The zero-order valence-corrected chi connectivity index (χ0v) is 40.0. The van der Waals surface area contributed by atoms with Crippen molar-refractivity contribution in [2.45, 2.75) is 221 Å². The van der Waals surface area contributed by atoms with Crippen molar-refractivity contribution in [1.82, 2.24) is 0 Å². The molecule has 30 atom stereocenters. The van der Waals surface area contributed by atoms with E-state index in [1.807, 2.05) is 0 Å². The Morgan fingerprint density at radius 3 is 1.93 bits per heavy atom. The van der Waals surface area contributed by atoms with E-state index in [1.54, 1.807) is 0 Å². The Morgan fingerprint density at radius 1 is 0.551 bits per heavy atom. The lowest BCUT2D eigenvalue weighted by Gasteiger charge is -2.61. The van der Waals surface area contributed by atoms with Gasteiger partial charge in [0.15, 0.2) is 37.2 Å². The standard InChI is InChI=1S/C48H78O21/c1-19-7-12-48(63-15-19)20(2)30-28(69-48)14-25-23-6-5-21-13-22(8-10-46(21,3)24(23)9-11-47(25,30)4)64-45-40(67-44-37(57)33(53)34(54)41(59)68-44)38(58)39(66-43-36(56)32(52)27(50)17-61-43)29(65-45)18-62-42-35(55)31(51)26(49)16-60-42/h19-45,49-59H,5-18H2,1-4H3/t19-,20-,21+,22-,23+,24-,25-,26-,27-,28-,29+,30-,31-,32-,33-,34-,35+,36+,37+,38-,39+,40+,41-,42+,43+,44+,45+,46-,47-,48+/m0/s1. The minimum Gasteiger partial charge on any atom is -0.388 e. The molecule has 0 unspecified atom stereocenters. The van der Waals surface area contributed by atoms with Crippen LogP contribution in [-0.2, 0) is 47.4 Å². The number of hydrogen-bond acceptors (Lipinski definition) is 21. The van der Waals surface area contributed by atoms with E-state index >= 15 is 0 Å². The number of fused-ring (bicyclic) bond motifs is 7. The van der Waals surface area contributed by atoms with Crippen LogP contribution in [0.3, 0.4) is 0 Å². The molecule has 396 valence electrons. The van der Waals surface area contributed by atoms with E-state index in [0.717, 1.165) is 58.0 Å². The minimum absolute atomic E-state index is 0.0291. The zero-order chi connectivity index (χ0) is 49.1. The number of aliphatic hydroxyl groups excluding tert-OH is 11. The third-order valence-corrected chi connectivity index (χ3v) is 19.3. The SMILES string of the molecule is C[C@H]1CC[C@@]2(OC1)O[C@H]1C[C@H]3[C@@H]4CC[C@@H]5C[C@@H](O[C@@H]6O[C@H](CO[C@H]7OC[C@H](O)[C@H](O)[C@H]7O)[C@@H](O[C@H]7OC[C@H](O)[C@H](O)[C@H]7O)[C@H](O)[C@H]6O[C@@H]6O[C@H](O)[C@@H](O)[C@H](O)[C@H]6O)CC[C@]5(C)[C@H]4CC[C@]3(C)[C@H]1[C@@H]2C. The van der Waals surface area contributed by atoms with Crippen LogP contribution in [-0.4, -0.2) is 211 Å². The molecule has 10 rings (SSSR count). The fraction of sp³-hybridized carbons (Fsp3) is 1.00. The Labute approximate surface area is 402 Å². The quantitative estimate of drug-likeness (QED) is 0.115. The maximum Gasteiger partial charge on any atom is 0.189 e. The molecule has 4 aliphatic carbocycles. The maximum absolute atomic E-state index is 12.3. The summed E-state index contributed by atoms with van der Waals surface area (Å²) in [7, 11) is 0. The van der Waals surface area contributed by atoms with Gasteiger partial charge in [0.25, 0.3) is 0 Å². The van der Waals surface area contributed by atoms with E-state index in [0.29, 0.717) is 48.3 Å². The fourth-order valence-corrected chi connectivity index (χ4v) is 15.3. The highest BCUT2D eigenvalue weighted by atomic mass is 16.8. The molecule has 0 aromatic rings. The molecular formula is C48H78O21. The van der Waals surface area contributed by atoms with Crippen LogP contribution >= 0.6 is 0 Å². The van der Waals surface area contributed by atoms with Crippen LogP contribution in [0, 0.1) is 52.3 Å². The van der Waals surface area contributed by atoms with Gasteiger partial charge in [0.1, 0.15) is 79.4 Å². The van der Waals surface area contributed by atoms with Gasteiger partial charge in [0.05, 0.1) is 38.6 Å². The van der Waals surface area contributed by atoms with E-state index in [-0.39, 0.29) is 29.5 Å². The Balaban J connectivity index is 0.872. The van der Waals surface area contributed by atoms with Crippen molar-refractivity contribution in [3.05, 3.63) is 0 Å². The molecular weight excluding hydrogens is 913 g/mol. The highest BCUT2D eigenvalue weighted by Gasteiger charge is 2.69. The summed E-state index contributed by atoms with van der Waals surface area (Å²) >= 11 is 0. The summed E-state index contributed by atoms with van der Waals surface area (Å²) in [5.41, 5.74) is 0.201. The first kappa shape index (κ1) is 51.6. The average Bonchev–Trinajstić information content (AvgIpc) is 3.77. The summed E-state index contributed by atoms with van der Waals surface area (Å²) in [5, 5.41) is 117. The van der Waals surface area contributed by atoms with E-state index in [4.69, 9.17) is 47.4 Å². The highest BCUT2D eigenvalue weighted by molar-refractivity contribution is 5.15. The van der Waals surface area contributed by atoms with E-state index in [2.05, 4.69) is 27.7 Å². The van der Waals surface area contributed by atoms with Crippen molar-refractivity contribution in [2.75, 3.05) is 26.4 Å². The number of aliphatic hydroxyl groups is 11. The molecule has 21 heteroatoms. The smallest absolute Gasteiger partial charge is 0.189 e. The molecule has 6 aliphatic heterocycles. The van der Waals surface area contributed by atoms with Crippen LogP contribution in [0.25, 0.3) is 0 Å². The molecule has 69 heavy (non-hydrogen) atoms. The molecule has 11 N–H and O–H groups in total.